The van der Waals surface area contributed by atoms with E-state index in [4.69, 9.17) is 9.47 Å². The fourth-order valence-corrected chi connectivity index (χ4v) is 3.68. The Hall–Kier alpha value is -3.69. The number of benzene rings is 1. The summed E-state index contributed by atoms with van der Waals surface area (Å²) in [6.07, 6.45) is 4.27. The van der Waals surface area contributed by atoms with Crippen LogP contribution in [0.15, 0.2) is 36.8 Å². The Labute approximate surface area is 185 Å². The Balaban J connectivity index is 1.47. The number of rotatable bonds is 5. The molecule has 1 N–H and O–H groups in total. The molecule has 0 bridgehead atoms. The van der Waals surface area contributed by atoms with Crippen LogP contribution in [-0.2, 0) is 9.53 Å². The van der Waals surface area contributed by atoms with Crippen molar-refractivity contribution in [3.8, 4) is 11.6 Å². The van der Waals surface area contributed by atoms with Crippen LogP contribution in [-0.4, -0.2) is 55.8 Å². The molecule has 32 heavy (non-hydrogen) atoms. The predicted molar refractivity (Wildman–Crippen MR) is 118 cm³/mol. The molecule has 0 atom stereocenters. The summed E-state index contributed by atoms with van der Waals surface area (Å²) in [5.74, 6) is 0.863. The second-order valence-electron chi connectivity index (χ2n) is 7.96. The maximum atomic E-state index is 12.1. The third-order valence-electron chi connectivity index (χ3n) is 5.15. The van der Waals surface area contributed by atoms with Gasteiger partial charge in [-0.05, 0) is 51.0 Å². The average molecular weight is 438 g/mol. The lowest BCUT2D eigenvalue weighted by atomic mass is 10.1. The zero-order chi connectivity index (χ0) is 22.7. The lowest BCUT2D eigenvalue weighted by molar-refractivity contribution is -0.114. The third kappa shape index (κ3) is 4.79. The molecule has 4 rings (SSSR count). The number of carbonyl (C=O) groups excluding carboxylic acids is 2. The number of hydrogen-bond acceptors (Lipinski definition) is 7. The molecule has 0 aliphatic carbocycles. The van der Waals surface area contributed by atoms with Crippen molar-refractivity contribution in [2.24, 2.45) is 0 Å². The van der Waals surface area contributed by atoms with Gasteiger partial charge in [-0.25, -0.2) is 19.4 Å². The summed E-state index contributed by atoms with van der Waals surface area (Å²) >= 11 is 0. The Kier molecular flexibility index (Phi) is 6.20. The summed E-state index contributed by atoms with van der Waals surface area (Å²) in [6, 6.07) is 7.16. The van der Waals surface area contributed by atoms with Crippen LogP contribution in [0, 0.1) is 0 Å². The number of nitrogens with zero attached hydrogens (tertiary/aromatic N) is 5. The molecule has 1 aliphatic rings. The highest BCUT2D eigenvalue weighted by atomic mass is 16.6. The molecule has 2 aromatic heterocycles. The number of fused-ring (bicyclic) bond motifs is 1. The highest BCUT2D eigenvalue weighted by Gasteiger charge is 2.27. The van der Waals surface area contributed by atoms with Gasteiger partial charge in [0, 0.05) is 25.7 Å². The number of piperidine rings is 1. The first-order valence-electron chi connectivity index (χ1n) is 10.6. The van der Waals surface area contributed by atoms with Crippen molar-refractivity contribution in [1.29, 1.82) is 0 Å². The van der Waals surface area contributed by atoms with Gasteiger partial charge in [-0.3, -0.25) is 4.79 Å². The molecule has 1 aliphatic heterocycles. The first-order valence-corrected chi connectivity index (χ1v) is 10.6. The Morgan fingerprint density at radius 2 is 1.84 bits per heavy atom. The van der Waals surface area contributed by atoms with Crippen LogP contribution in [0.3, 0.4) is 0 Å². The molecule has 1 fully saturated rings. The number of nitrogens with one attached hydrogen (secondary N) is 1. The van der Waals surface area contributed by atoms with Gasteiger partial charge in [0.05, 0.1) is 18.3 Å². The SMILES string of the molecule is CC(=O)Nc1ccc(Oc2ncnc3c2cnn3C2CCN(C(=O)OC(C)C)CC2)cc1. The van der Waals surface area contributed by atoms with Gasteiger partial charge in [0.15, 0.2) is 5.65 Å². The Bertz CT molecular complexity index is 1100. The zero-order valence-corrected chi connectivity index (χ0v) is 18.3. The molecular weight excluding hydrogens is 412 g/mol. The van der Waals surface area contributed by atoms with Gasteiger partial charge < -0.3 is 19.7 Å². The maximum Gasteiger partial charge on any atom is 0.410 e. The number of ether oxygens (including phenoxy) is 2. The molecule has 10 heteroatoms. The van der Waals surface area contributed by atoms with Crippen LogP contribution < -0.4 is 10.1 Å². The van der Waals surface area contributed by atoms with Gasteiger partial charge in [0.2, 0.25) is 11.8 Å². The van der Waals surface area contributed by atoms with E-state index in [1.54, 1.807) is 35.4 Å². The van der Waals surface area contributed by atoms with Crippen LogP contribution in [0.1, 0.15) is 39.7 Å². The van der Waals surface area contributed by atoms with E-state index < -0.39 is 0 Å². The molecule has 1 aromatic carbocycles. The normalized spacial score (nSPS) is 14.6. The van der Waals surface area contributed by atoms with Crippen molar-refractivity contribution < 1.29 is 19.1 Å². The van der Waals surface area contributed by atoms with Crippen molar-refractivity contribution in [3.05, 3.63) is 36.8 Å². The van der Waals surface area contributed by atoms with Gasteiger partial charge >= 0.3 is 6.09 Å². The van der Waals surface area contributed by atoms with E-state index in [0.717, 1.165) is 12.8 Å². The minimum Gasteiger partial charge on any atom is -0.447 e. The quantitative estimate of drug-likeness (QED) is 0.645. The molecule has 3 heterocycles. The van der Waals surface area contributed by atoms with Crippen molar-refractivity contribution in [2.45, 2.75) is 45.8 Å². The molecule has 0 radical (unpaired) electrons. The van der Waals surface area contributed by atoms with E-state index in [9.17, 15) is 9.59 Å². The van der Waals surface area contributed by atoms with Crippen LogP contribution in [0.25, 0.3) is 11.0 Å². The van der Waals surface area contributed by atoms with E-state index in [2.05, 4.69) is 20.4 Å². The minimum atomic E-state index is -0.272. The summed E-state index contributed by atoms with van der Waals surface area (Å²) in [6.45, 7) is 6.36. The minimum absolute atomic E-state index is 0.121. The van der Waals surface area contributed by atoms with Gasteiger partial charge in [-0.2, -0.15) is 5.10 Å². The van der Waals surface area contributed by atoms with Gasteiger partial charge in [-0.15, -0.1) is 0 Å². The Morgan fingerprint density at radius 1 is 1.12 bits per heavy atom. The number of anilines is 1. The van der Waals surface area contributed by atoms with E-state index in [1.807, 2.05) is 18.5 Å². The topological polar surface area (TPSA) is 111 Å². The summed E-state index contributed by atoms with van der Waals surface area (Å²) < 4.78 is 13.1. The average Bonchev–Trinajstić information content (AvgIpc) is 3.19. The lowest BCUT2D eigenvalue weighted by Crippen LogP contribution is -2.40. The van der Waals surface area contributed by atoms with Gasteiger partial charge in [0.25, 0.3) is 0 Å². The van der Waals surface area contributed by atoms with E-state index >= 15 is 0 Å². The van der Waals surface area contributed by atoms with Gasteiger partial charge in [-0.1, -0.05) is 0 Å². The van der Waals surface area contributed by atoms with Gasteiger partial charge in [0.1, 0.15) is 17.5 Å². The van der Waals surface area contributed by atoms with E-state index in [1.165, 1.54) is 13.3 Å². The van der Waals surface area contributed by atoms with Crippen LogP contribution in [0.5, 0.6) is 11.6 Å². The number of aromatic nitrogens is 4. The summed E-state index contributed by atoms with van der Waals surface area (Å²) in [5.41, 5.74) is 1.38. The molecule has 2 amide bonds. The highest BCUT2D eigenvalue weighted by molar-refractivity contribution is 5.88. The largest absolute Gasteiger partial charge is 0.447 e. The van der Waals surface area contributed by atoms with Crippen molar-refractivity contribution in [2.75, 3.05) is 18.4 Å². The predicted octanol–water partition coefficient (Wildman–Crippen LogP) is 3.76. The highest BCUT2D eigenvalue weighted by Crippen LogP contribution is 2.31. The molecule has 168 valence electrons. The van der Waals surface area contributed by atoms with Crippen LogP contribution in [0.4, 0.5) is 10.5 Å². The molecule has 3 aromatic rings. The fraction of sp³-hybridized carbons (Fsp3) is 0.409. The molecule has 10 nitrogen and oxygen atoms in total. The first-order chi connectivity index (χ1) is 15.4. The molecule has 0 saturated carbocycles. The zero-order valence-electron chi connectivity index (χ0n) is 18.3. The van der Waals surface area contributed by atoms with E-state index in [-0.39, 0.29) is 24.1 Å². The molecule has 0 spiro atoms. The third-order valence-corrected chi connectivity index (χ3v) is 5.15. The van der Waals surface area contributed by atoms with Crippen molar-refractivity contribution in [1.82, 2.24) is 24.6 Å². The summed E-state index contributed by atoms with van der Waals surface area (Å²) in [4.78, 5) is 33.7. The van der Waals surface area contributed by atoms with Crippen molar-refractivity contribution >= 4 is 28.7 Å². The van der Waals surface area contributed by atoms with Crippen LogP contribution >= 0.6 is 0 Å². The second-order valence-corrected chi connectivity index (χ2v) is 7.96. The van der Waals surface area contributed by atoms with Crippen molar-refractivity contribution in [3.63, 3.8) is 0 Å². The molecule has 0 unspecified atom stereocenters. The Morgan fingerprint density at radius 3 is 2.50 bits per heavy atom. The summed E-state index contributed by atoms with van der Waals surface area (Å²) in [5, 5.41) is 7.97. The molecular formula is C22H26N6O4. The molecule has 1 saturated heterocycles. The maximum absolute atomic E-state index is 12.1. The number of hydrogen-bond donors (Lipinski definition) is 1. The second kappa shape index (κ2) is 9.21. The monoisotopic (exact) mass is 438 g/mol. The number of likely N-dealkylation sites (tertiary alicyclic amines) is 1. The number of amides is 2. The number of carbonyl (C=O) groups is 2. The van der Waals surface area contributed by atoms with E-state index in [0.29, 0.717) is 41.4 Å². The summed E-state index contributed by atoms with van der Waals surface area (Å²) in [7, 11) is 0. The lowest BCUT2D eigenvalue weighted by Gasteiger charge is -2.31. The fourth-order valence-electron chi connectivity index (χ4n) is 3.68. The van der Waals surface area contributed by atoms with Crippen LogP contribution in [0.2, 0.25) is 0 Å². The smallest absolute Gasteiger partial charge is 0.410 e. The standard InChI is InChI=1S/C22H26N6O4/c1-14(2)31-22(30)27-10-8-17(9-11-27)28-20-19(12-25-28)21(24-13-23-20)32-18-6-4-16(5-7-18)26-15(3)29/h4-7,12-14,17H,8-11H2,1-3H3,(H,26,29). The first kappa shape index (κ1) is 21.5.